The number of aromatic nitrogens is 1. The molecule has 5 rings (SSSR count). The standard InChI is InChI=1S/C27H29N3O4/c1-3-4-7-12-30-24(19-16-28-20-9-6-5-8-18(19)20)23(26(32)27(30)33)25(31)17-10-11-22-21(15-17)29(2)13-14-34-22/h5-6,8-11,15-16,24,28,31H,3-4,7,12-14H2,1-2H3/b25-23+. The Morgan fingerprint density at radius 3 is 2.82 bits per heavy atom. The number of likely N-dealkylation sites (N-methyl/N-ethyl adjacent to an activating group) is 1. The first-order chi connectivity index (χ1) is 16.5. The molecular weight excluding hydrogens is 430 g/mol. The number of anilines is 1. The Labute approximate surface area is 198 Å². The minimum Gasteiger partial charge on any atom is -0.507 e. The summed E-state index contributed by atoms with van der Waals surface area (Å²) in [5, 5.41) is 12.4. The van der Waals surface area contributed by atoms with Crippen LogP contribution in [0.2, 0.25) is 0 Å². The summed E-state index contributed by atoms with van der Waals surface area (Å²) in [6.45, 7) is 3.88. The molecule has 1 aromatic heterocycles. The highest BCUT2D eigenvalue weighted by Gasteiger charge is 2.46. The van der Waals surface area contributed by atoms with E-state index < -0.39 is 17.7 Å². The van der Waals surface area contributed by atoms with Gasteiger partial charge in [-0.3, -0.25) is 9.59 Å². The molecule has 7 nitrogen and oxygen atoms in total. The van der Waals surface area contributed by atoms with Gasteiger partial charge in [-0.05, 0) is 30.7 Å². The number of fused-ring (bicyclic) bond motifs is 2. The van der Waals surface area contributed by atoms with Crippen LogP contribution >= 0.6 is 0 Å². The van der Waals surface area contributed by atoms with E-state index in [4.69, 9.17) is 4.74 Å². The first-order valence-electron chi connectivity index (χ1n) is 11.8. The monoisotopic (exact) mass is 459 g/mol. The molecule has 1 saturated heterocycles. The summed E-state index contributed by atoms with van der Waals surface area (Å²) in [5.74, 6) is -0.634. The summed E-state index contributed by atoms with van der Waals surface area (Å²) in [4.78, 5) is 33.4. The number of amides is 1. The van der Waals surface area contributed by atoms with Crippen molar-refractivity contribution in [3.8, 4) is 5.75 Å². The predicted octanol–water partition coefficient (Wildman–Crippen LogP) is 4.61. The van der Waals surface area contributed by atoms with Gasteiger partial charge in [-0.2, -0.15) is 0 Å². The SMILES string of the molecule is CCCCCN1C(=O)C(=O)/C(=C(/O)c2ccc3c(c2)N(C)CCO3)C1c1c[nH]c2ccccc12. The second kappa shape index (κ2) is 8.89. The van der Waals surface area contributed by atoms with Crippen LogP contribution in [0, 0.1) is 0 Å². The van der Waals surface area contributed by atoms with Crippen LogP contribution < -0.4 is 9.64 Å². The van der Waals surface area contributed by atoms with Gasteiger partial charge in [0.1, 0.15) is 18.1 Å². The normalized spacial score (nSPS) is 19.5. The zero-order chi connectivity index (χ0) is 23.8. The zero-order valence-corrected chi connectivity index (χ0v) is 19.5. The number of ketones is 1. The van der Waals surface area contributed by atoms with E-state index in [1.165, 1.54) is 0 Å². The second-order valence-corrected chi connectivity index (χ2v) is 8.94. The maximum Gasteiger partial charge on any atom is 0.295 e. The van der Waals surface area contributed by atoms with E-state index >= 15 is 0 Å². The lowest BCUT2D eigenvalue weighted by Crippen LogP contribution is -2.30. The molecule has 2 aliphatic rings. The van der Waals surface area contributed by atoms with Gasteiger partial charge in [0.05, 0.1) is 23.8 Å². The van der Waals surface area contributed by atoms with Crippen molar-refractivity contribution in [3.05, 3.63) is 65.4 Å². The summed E-state index contributed by atoms with van der Waals surface area (Å²) >= 11 is 0. The Kier molecular flexibility index (Phi) is 5.77. The number of hydrogen-bond donors (Lipinski definition) is 2. The number of benzene rings is 2. The van der Waals surface area contributed by atoms with Crippen LogP contribution in [0.3, 0.4) is 0 Å². The second-order valence-electron chi connectivity index (χ2n) is 8.94. The van der Waals surface area contributed by atoms with Crippen molar-refractivity contribution >= 4 is 34.0 Å². The molecule has 2 aliphatic heterocycles. The number of H-pyrrole nitrogens is 1. The molecule has 7 heteroatoms. The number of unbranched alkanes of at least 4 members (excludes halogenated alkanes) is 2. The topological polar surface area (TPSA) is 85.9 Å². The number of hydrogen-bond acceptors (Lipinski definition) is 5. The van der Waals surface area contributed by atoms with Gasteiger partial charge in [0.25, 0.3) is 11.7 Å². The zero-order valence-electron chi connectivity index (χ0n) is 19.5. The van der Waals surface area contributed by atoms with Crippen molar-refractivity contribution in [2.75, 3.05) is 31.6 Å². The minimum absolute atomic E-state index is 0.130. The van der Waals surface area contributed by atoms with Crippen molar-refractivity contribution in [2.45, 2.75) is 32.2 Å². The smallest absolute Gasteiger partial charge is 0.295 e. The Morgan fingerprint density at radius 2 is 2.00 bits per heavy atom. The molecule has 176 valence electrons. The Morgan fingerprint density at radius 1 is 1.18 bits per heavy atom. The summed E-state index contributed by atoms with van der Waals surface area (Å²) < 4.78 is 5.72. The molecule has 0 aliphatic carbocycles. The number of likely N-dealkylation sites (tertiary alicyclic amines) is 1. The fourth-order valence-electron chi connectivity index (χ4n) is 4.94. The van der Waals surface area contributed by atoms with Gasteiger partial charge >= 0.3 is 0 Å². The van der Waals surface area contributed by atoms with Gasteiger partial charge < -0.3 is 24.6 Å². The van der Waals surface area contributed by atoms with Crippen LogP contribution in [0.15, 0.2) is 54.2 Å². The molecule has 0 bridgehead atoms. The van der Waals surface area contributed by atoms with Crippen molar-refractivity contribution in [2.24, 2.45) is 0 Å². The van der Waals surface area contributed by atoms with Crippen molar-refractivity contribution in [3.63, 3.8) is 0 Å². The highest BCUT2D eigenvalue weighted by Crippen LogP contribution is 2.43. The summed E-state index contributed by atoms with van der Waals surface area (Å²) in [6.07, 6.45) is 4.60. The quantitative estimate of drug-likeness (QED) is 0.243. The number of ether oxygens (including phenoxy) is 1. The highest BCUT2D eigenvalue weighted by atomic mass is 16.5. The lowest BCUT2D eigenvalue weighted by Gasteiger charge is -2.28. The van der Waals surface area contributed by atoms with Gasteiger partial charge in [-0.25, -0.2) is 0 Å². The summed E-state index contributed by atoms with van der Waals surface area (Å²) in [7, 11) is 1.96. The van der Waals surface area contributed by atoms with Crippen LogP contribution in [0.25, 0.3) is 16.7 Å². The average molecular weight is 460 g/mol. The molecular formula is C27H29N3O4. The fourth-order valence-corrected chi connectivity index (χ4v) is 4.94. The highest BCUT2D eigenvalue weighted by molar-refractivity contribution is 6.46. The van der Waals surface area contributed by atoms with E-state index in [0.717, 1.165) is 53.7 Å². The van der Waals surface area contributed by atoms with Crippen LogP contribution in [0.4, 0.5) is 5.69 Å². The Bertz CT molecular complexity index is 1290. The van der Waals surface area contributed by atoms with Crippen LogP contribution in [0.5, 0.6) is 5.75 Å². The number of nitrogens with one attached hydrogen (secondary N) is 1. The Balaban J connectivity index is 1.65. The van der Waals surface area contributed by atoms with Gasteiger partial charge in [-0.15, -0.1) is 0 Å². The number of carbonyl (C=O) groups is 2. The van der Waals surface area contributed by atoms with Gasteiger partial charge in [0.15, 0.2) is 0 Å². The van der Waals surface area contributed by atoms with Gasteiger partial charge in [0, 0.05) is 41.8 Å². The third-order valence-corrected chi connectivity index (χ3v) is 6.79. The van der Waals surface area contributed by atoms with Crippen molar-refractivity contribution < 1.29 is 19.4 Å². The number of aromatic amines is 1. The van der Waals surface area contributed by atoms with E-state index in [0.29, 0.717) is 18.7 Å². The predicted molar refractivity (Wildman–Crippen MR) is 132 cm³/mol. The molecule has 0 saturated carbocycles. The van der Waals surface area contributed by atoms with E-state index in [1.54, 1.807) is 17.0 Å². The van der Waals surface area contributed by atoms with E-state index in [9.17, 15) is 14.7 Å². The number of Topliss-reactive ketones (excluding diaryl/α,β-unsaturated/α-hetero) is 1. The maximum atomic E-state index is 13.3. The summed E-state index contributed by atoms with van der Waals surface area (Å²) in [5.41, 5.74) is 3.20. The molecule has 1 amide bonds. The van der Waals surface area contributed by atoms with Crippen molar-refractivity contribution in [1.82, 2.24) is 9.88 Å². The molecule has 2 aromatic carbocycles. The third-order valence-electron chi connectivity index (χ3n) is 6.79. The average Bonchev–Trinajstić information content (AvgIpc) is 3.38. The van der Waals surface area contributed by atoms with Crippen molar-refractivity contribution in [1.29, 1.82) is 0 Å². The molecule has 1 fully saturated rings. The maximum absolute atomic E-state index is 13.3. The molecule has 0 spiro atoms. The molecule has 34 heavy (non-hydrogen) atoms. The molecule has 2 N–H and O–H groups in total. The number of aliphatic hydroxyl groups excluding tert-OH is 1. The first-order valence-corrected chi connectivity index (χ1v) is 11.8. The van der Waals surface area contributed by atoms with Gasteiger partial charge in [-0.1, -0.05) is 38.0 Å². The number of carbonyl (C=O) groups excluding carboxylic acids is 2. The van der Waals surface area contributed by atoms with E-state index in [2.05, 4.69) is 16.8 Å². The number of para-hydroxylation sites is 1. The molecule has 3 aromatic rings. The van der Waals surface area contributed by atoms with Crippen LogP contribution in [-0.2, 0) is 9.59 Å². The Hall–Kier alpha value is -3.74. The molecule has 0 radical (unpaired) electrons. The van der Waals surface area contributed by atoms with Crippen LogP contribution in [-0.4, -0.2) is 53.4 Å². The van der Waals surface area contributed by atoms with E-state index in [-0.39, 0.29) is 11.3 Å². The fraction of sp³-hybridized carbons (Fsp3) is 0.333. The van der Waals surface area contributed by atoms with E-state index in [1.807, 2.05) is 43.6 Å². The lowest BCUT2D eigenvalue weighted by molar-refractivity contribution is -0.139. The van der Waals surface area contributed by atoms with Gasteiger partial charge in [0.2, 0.25) is 0 Å². The third kappa shape index (κ3) is 3.61. The molecule has 3 heterocycles. The number of aliphatic hydroxyl groups is 1. The molecule has 1 atom stereocenters. The largest absolute Gasteiger partial charge is 0.507 e. The van der Waals surface area contributed by atoms with Crippen LogP contribution in [0.1, 0.15) is 43.4 Å². The molecule has 1 unspecified atom stereocenters. The number of rotatable bonds is 6. The number of nitrogens with zero attached hydrogens (tertiary/aromatic N) is 2. The minimum atomic E-state index is -0.655. The first kappa shape index (κ1) is 22.1. The lowest BCUT2D eigenvalue weighted by atomic mass is 9.94. The summed E-state index contributed by atoms with van der Waals surface area (Å²) in [6, 6.07) is 12.5.